The molecule has 1 aliphatic carbocycles. The molecule has 1 N–H and O–H groups in total. The van der Waals surface area contributed by atoms with Gasteiger partial charge in [-0.1, -0.05) is 45.4 Å². The van der Waals surface area contributed by atoms with Gasteiger partial charge in [-0.25, -0.2) is 8.42 Å². The van der Waals surface area contributed by atoms with E-state index in [2.05, 4.69) is 5.32 Å². The fraction of sp³-hybridized carbons (Fsp3) is 0.941. The Bertz CT molecular complexity index is 470. The van der Waals surface area contributed by atoms with Crippen LogP contribution < -0.4 is 5.32 Å². The molecule has 1 saturated carbocycles. The molecule has 23 heavy (non-hydrogen) atoms. The highest BCUT2D eigenvalue weighted by atomic mass is 32.2. The number of sulfonamides is 1. The Hall–Kier alpha value is -0.620. The molecule has 0 spiro atoms. The zero-order chi connectivity index (χ0) is 16.7. The first-order chi connectivity index (χ1) is 11.0. The molecule has 1 aliphatic heterocycles. The molecule has 134 valence electrons. The Balaban J connectivity index is 1.94. The molecular formula is C17H32N2O3S. The number of carbonyl (C=O) groups is 1. The average molecular weight is 345 g/mol. The summed E-state index contributed by atoms with van der Waals surface area (Å²) < 4.78 is 26.3. The van der Waals surface area contributed by atoms with Crippen molar-refractivity contribution in [2.45, 2.75) is 89.6 Å². The van der Waals surface area contributed by atoms with Crippen LogP contribution in [0.2, 0.25) is 0 Å². The van der Waals surface area contributed by atoms with Crippen LogP contribution in [-0.2, 0) is 14.8 Å². The van der Waals surface area contributed by atoms with E-state index in [1.807, 2.05) is 6.92 Å². The first-order valence-corrected chi connectivity index (χ1v) is 11.0. The predicted octanol–water partition coefficient (Wildman–Crippen LogP) is 2.81. The maximum atomic E-state index is 12.6. The molecule has 1 heterocycles. The fourth-order valence-corrected chi connectivity index (χ4v) is 5.56. The number of hydrogen-bond acceptors (Lipinski definition) is 3. The van der Waals surface area contributed by atoms with Crippen molar-refractivity contribution in [3.63, 3.8) is 0 Å². The van der Waals surface area contributed by atoms with Crippen molar-refractivity contribution in [2.24, 2.45) is 0 Å². The maximum absolute atomic E-state index is 12.6. The Kier molecular flexibility index (Phi) is 7.34. The monoisotopic (exact) mass is 344 g/mol. The maximum Gasteiger partial charge on any atom is 0.238 e. The highest BCUT2D eigenvalue weighted by Gasteiger charge is 2.38. The third kappa shape index (κ3) is 5.45. The van der Waals surface area contributed by atoms with Gasteiger partial charge < -0.3 is 5.32 Å². The van der Waals surface area contributed by atoms with Gasteiger partial charge in [0.1, 0.15) is 6.04 Å². The van der Waals surface area contributed by atoms with Gasteiger partial charge in [0.2, 0.25) is 15.9 Å². The minimum Gasteiger partial charge on any atom is -0.352 e. The Morgan fingerprint density at radius 2 is 1.70 bits per heavy atom. The van der Waals surface area contributed by atoms with Crippen molar-refractivity contribution in [1.82, 2.24) is 9.62 Å². The second-order valence-electron chi connectivity index (χ2n) is 6.99. The summed E-state index contributed by atoms with van der Waals surface area (Å²) in [6.45, 7) is 2.48. The van der Waals surface area contributed by atoms with Gasteiger partial charge in [0, 0.05) is 12.6 Å². The second-order valence-corrected chi connectivity index (χ2v) is 9.03. The Labute approximate surface area is 141 Å². The molecule has 1 amide bonds. The molecule has 0 aromatic heterocycles. The van der Waals surface area contributed by atoms with Crippen LogP contribution in [0, 0.1) is 0 Å². The van der Waals surface area contributed by atoms with Gasteiger partial charge >= 0.3 is 0 Å². The largest absolute Gasteiger partial charge is 0.352 e. The standard InChI is InChI=1S/C17H32N2O3S/c1-2-3-14-23(21,22)19-13-9-12-16(19)17(20)18-15-10-7-5-4-6-8-11-15/h15-16H,2-14H2,1H3,(H,18,20)/t16-/m1/s1. The summed E-state index contributed by atoms with van der Waals surface area (Å²) in [5.74, 6) is 0.0876. The van der Waals surface area contributed by atoms with Crippen molar-refractivity contribution >= 4 is 15.9 Å². The fourth-order valence-electron chi connectivity index (χ4n) is 3.68. The first kappa shape index (κ1) is 18.7. The van der Waals surface area contributed by atoms with Crippen LogP contribution in [-0.4, -0.2) is 43.0 Å². The van der Waals surface area contributed by atoms with E-state index in [-0.39, 0.29) is 17.7 Å². The minimum atomic E-state index is -3.30. The number of nitrogens with zero attached hydrogens (tertiary/aromatic N) is 1. The lowest BCUT2D eigenvalue weighted by molar-refractivity contribution is -0.125. The van der Waals surface area contributed by atoms with E-state index in [0.717, 1.165) is 38.5 Å². The van der Waals surface area contributed by atoms with Crippen molar-refractivity contribution in [3.05, 3.63) is 0 Å². The van der Waals surface area contributed by atoms with E-state index < -0.39 is 16.1 Å². The minimum absolute atomic E-state index is 0.0758. The third-order valence-electron chi connectivity index (χ3n) is 5.07. The highest BCUT2D eigenvalue weighted by molar-refractivity contribution is 7.89. The van der Waals surface area contributed by atoms with Gasteiger partial charge in [-0.3, -0.25) is 4.79 Å². The van der Waals surface area contributed by atoms with Gasteiger partial charge in [0.15, 0.2) is 0 Å². The summed E-state index contributed by atoms with van der Waals surface area (Å²) in [4.78, 5) is 12.6. The number of amides is 1. The van der Waals surface area contributed by atoms with Crippen molar-refractivity contribution in [3.8, 4) is 0 Å². The summed E-state index contributed by atoms with van der Waals surface area (Å²) >= 11 is 0. The van der Waals surface area contributed by atoms with Crippen molar-refractivity contribution in [1.29, 1.82) is 0 Å². The van der Waals surface area contributed by atoms with Crippen molar-refractivity contribution < 1.29 is 13.2 Å². The predicted molar refractivity (Wildman–Crippen MR) is 92.7 cm³/mol. The SMILES string of the molecule is CCCCS(=O)(=O)N1CCC[C@@H]1C(=O)NC1CCCCCCC1. The molecule has 1 atom stereocenters. The van der Waals surface area contributed by atoms with E-state index in [4.69, 9.17) is 0 Å². The van der Waals surface area contributed by atoms with E-state index >= 15 is 0 Å². The second kappa shape index (κ2) is 9.02. The van der Waals surface area contributed by atoms with Gasteiger partial charge in [-0.2, -0.15) is 4.31 Å². The molecule has 6 heteroatoms. The highest BCUT2D eigenvalue weighted by Crippen LogP contribution is 2.23. The molecule has 5 nitrogen and oxygen atoms in total. The van der Waals surface area contributed by atoms with Crippen LogP contribution in [0.3, 0.4) is 0 Å². The van der Waals surface area contributed by atoms with Gasteiger partial charge in [-0.05, 0) is 32.1 Å². The van der Waals surface area contributed by atoms with E-state index in [1.165, 1.54) is 23.6 Å². The number of hydrogen-bond donors (Lipinski definition) is 1. The van der Waals surface area contributed by atoms with Gasteiger partial charge in [-0.15, -0.1) is 0 Å². The van der Waals surface area contributed by atoms with Crippen LogP contribution in [0.25, 0.3) is 0 Å². The molecule has 2 aliphatic rings. The molecule has 2 rings (SSSR count). The number of unbranched alkanes of at least 4 members (excludes halogenated alkanes) is 1. The Morgan fingerprint density at radius 3 is 2.35 bits per heavy atom. The smallest absolute Gasteiger partial charge is 0.238 e. The summed E-state index contributed by atoms with van der Waals surface area (Å²) in [6, 6.07) is -0.258. The van der Waals surface area contributed by atoms with Crippen molar-refractivity contribution in [2.75, 3.05) is 12.3 Å². The number of carbonyl (C=O) groups excluding carboxylic acids is 1. The lowest BCUT2D eigenvalue weighted by Crippen LogP contribution is -2.49. The van der Waals surface area contributed by atoms with E-state index in [9.17, 15) is 13.2 Å². The third-order valence-corrected chi connectivity index (χ3v) is 7.03. The van der Waals surface area contributed by atoms with E-state index in [0.29, 0.717) is 19.4 Å². The lowest BCUT2D eigenvalue weighted by atomic mass is 9.96. The average Bonchev–Trinajstić information content (AvgIpc) is 2.98. The van der Waals surface area contributed by atoms with Crippen LogP contribution in [0.15, 0.2) is 0 Å². The topological polar surface area (TPSA) is 66.5 Å². The zero-order valence-corrected chi connectivity index (χ0v) is 15.2. The molecule has 0 bridgehead atoms. The number of nitrogens with one attached hydrogen (secondary N) is 1. The molecule has 2 fully saturated rings. The summed E-state index contributed by atoms with van der Waals surface area (Å²) in [5.41, 5.74) is 0. The van der Waals surface area contributed by atoms with Gasteiger partial charge in [0.25, 0.3) is 0 Å². The quantitative estimate of drug-likeness (QED) is 0.806. The van der Waals surface area contributed by atoms with Crippen LogP contribution >= 0.6 is 0 Å². The molecule has 0 radical (unpaired) electrons. The van der Waals surface area contributed by atoms with Gasteiger partial charge in [0.05, 0.1) is 5.75 Å². The summed E-state index contributed by atoms with van der Waals surface area (Å²) in [5, 5.41) is 3.14. The van der Waals surface area contributed by atoms with Crippen LogP contribution in [0.4, 0.5) is 0 Å². The molecule has 0 aromatic rings. The molecule has 0 aromatic carbocycles. The Morgan fingerprint density at radius 1 is 1.04 bits per heavy atom. The van der Waals surface area contributed by atoms with E-state index in [1.54, 1.807) is 0 Å². The molecule has 1 saturated heterocycles. The zero-order valence-electron chi connectivity index (χ0n) is 14.4. The first-order valence-electron chi connectivity index (χ1n) is 9.34. The molecule has 0 unspecified atom stereocenters. The summed E-state index contributed by atoms with van der Waals surface area (Å²) in [7, 11) is -3.30. The number of rotatable bonds is 6. The summed E-state index contributed by atoms with van der Waals surface area (Å²) in [6.07, 6.45) is 11.1. The lowest BCUT2D eigenvalue weighted by Gasteiger charge is -2.27. The normalized spacial score (nSPS) is 25.0. The molecular weight excluding hydrogens is 312 g/mol. The van der Waals surface area contributed by atoms with Crippen LogP contribution in [0.1, 0.15) is 77.6 Å². The van der Waals surface area contributed by atoms with Crippen LogP contribution in [0.5, 0.6) is 0 Å².